The van der Waals surface area contributed by atoms with Gasteiger partial charge in [-0.25, -0.2) is 4.99 Å². The summed E-state index contributed by atoms with van der Waals surface area (Å²) in [5.41, 5.74) is 4.50. The number of benzene rings is 2. The summed E-state index contributed by atoms with van der Waals surface area (Å²) in [6, 6.07) is 18.6. The first-order valence-corrected chi connectivity index (χ1v) is 9.06. The first-order valence-electron chi connectivity index (χ1n) is 8.18. The Kier molecular flexibility index (Phi) is 7.17. The SMILES string of the molecule is Br.CC(C)c1ccc(-c2csc(=Nc3ccccc3)n2CCO)cc1. The molecule has 0 saturated carbocycles. The van der Waals surface area contributed by atoms with Crippen LogP contribution in [-0.4, -0.2) is 16.3 Å². The lowest BCUT2D eigenvalue weighted by Gasteiger charge is -2.09. The number of aliphatic hydroxyl groups excluding tert-OH is 1. The minimum absolute atomic E-state index is 0. The molecule has 0 atom stereocenters. The van der Waals surface area contributed by atoms with Crippen molar-refractivity contribution in [1.82, 2.24) is 4.57 Å². The molecule has 0 spiro atoms. The number of hydrogen-bond donors (Lipinski definition) is 1. The van der Waals surface area contributed by atoms with Crippen LogP contribution in [0.3, 0.4) is 0 Å². The molecule has 1 heterocycles. The smallest absolute Gasteiger partial charge is 0.190 e. The van der Waals surface area contributed by atoms with Crippen molar-refractivity contribution in [2.24, 2.45) is 4.99 Å². The van der Waals surface area contributed by atoms with Crippen LogP contribution in [0.2, 0.25) is 0 Å². The molecule has 25 heavy (non-hydrogen) atoms. The monoisotopic (exact) mass is 418 g/mol. The molecule has 0 unspecified atom stereocenters. The molecule has 3 aromatic rings. The van der Waals surface area contributed by atoms with Crippen LogP contribution in [0.15, 0.2) is 65.0 Å². The fourth-order valence-corrected chi connectivity index (χ4v) is 3.57. The molecular formula is C20H23BrN2OS. The molecule has 0 aliphatic heterocycles. The number of halogens is 1. The third kappa shape index (κ3) is 4.69. The summed E-state index contributed by atoms with van der Waals surface area (Å²) in [5.74, 6) is 0.523. The number of rotatable bonds is 5. The van der Waals surface area contributed by atoms with Gasteiger partial charge in [0, 0.05) is 11.9 Å². The topological polar surface area (TPSA) is 37.5 Å². The molecule has 0 aliphatic rings. The third-order valence-electron chi connectivity index (χ3n) is 3.98. The standard InChI is InChI=1S/C20H22N2OS.BrH/c1-15(2)16-8-10-17(11-9-16)19-14-24-20(22(19)12-13-23)21-18-6-4-3-5-7-18;/h3-11,14-15,23H,12-13H2,1-2H3;1H. The van der Waals surface area contributed by atoms with Crippen LogP contribution >= 0.6 is 28.3 Å². The van der Waals surface area contributed by atoms with E-state index in [1.165, 1.54) is 5.56 Å². The van der Waals surface area contributed by atoms with Crippen molar-refractivity contribution in [3.05, 3.63) is 70.3 Å². The van der Waals surface area contributed by atoms with Crippen LogP contribution in [-0.2, 0) is 6.54 Å². The predicted octanol–water partition coefficient (Wildman–Crippen LogP) is 5.14. The van der Waals surface area contributed by atoms with Crippen LogP contribution in [0.1, 0.15) is 25.3 Å². The van der Waals surface area contributed by atoms with E-state index in [2.05, 4.69) is 48.1 Å². The maximum Gasteiger partial charge on any atom is 0.190 e. The molecule has 0 bridgehead atoms. The highest BCUT2D eigenvalue weighted by atomic mass is 79.9. The molecule has 2 aromatic carbocycles. The summed E-state index contributed by atoms with van der Waals surface area (Å²) < 4.78 is 2.09. The summed E-state index contributed by atoms with van der Waals surface area (Å²) in [6.45, 7) is 5.02. The molecule has 5 heteroatoms. The van der Waals surface area contributed by atoms with Crippen LogP contribution in [0.5, 0.6) is 0 Å². The Labute approximate surface area is 163 Å². The molecule has 0 amide bonds. The van der Waals surface area contributed by atoms with E-state index in [1.807, 2.05) is 30.3 Å². The van der Waals surface area contributed by atoms with Crippen molar-refractivity contribution < 1.29 is 5.11 Å². The quantitative estimate of drug-likeness (QED) is 0.611. The van der Waals surface area contributed by atoms with Crippen molar-refractivity contribution in [2.75, 3.05) is 6.61 Å². The summed E-state index contributed by atoms with van der Waals surface area (Å²) in [7, 11) is 0. The lowest BCUT2D eigenvalue weighted by molar-refractivity contribution is 0.275. The average Bonchev–Trinajstić information content (AvgIpc) is 2.99. The zero-order valence-corrected chi connectivity index (χ0v) is 17.0. The summed E-state index contributed by atoms with van der Waals surface area (Å²) in [4.78, 5) is 5.62. The second-order valence-electron chi connectivity index (χ2n) is 6.00. The Morgan fingerprint density at radius 1 is 1.04 bits per heavy atom. The van der Waals surface area contributed by atoms with E-state index in [0.29, 0.717) is 12.5 Å². The lowest BCUT2D eigenvalue weighted by Crippen LogP contribution is -2.17. The van der Waals surface area contributed by atoms with Crippen molar-refractivity contribution in [2.45, 2.75) is 26.3 Å². The molecular weight excluding hydrogens is 396 g/mol. The minimum atomic E-state index is 0. The fourth-order valence-electron chi connectivity index (χ4n) is 2.62. The van der Waals surface area contributed by atoms with E-state index in [9.17, 15) is 5.11 Å². The molecule has 1 aromatic heterocycles. The molecule has 0 aliphatic carbocycles. The van der Waals surface area contributed by atoms with E-state index >= 15 is 0 Å². The Balaban J connectivity index is 0.00000225. The molecule has 1 N–H and O–H groups in total. The first kappa shape index (κ1) is 19.6. The van der Waals surface area contributed by atoms with Crippen LogP contribution < -0.4 is 4.80 Å². The van der Waals surface area contributed by atoms with Crippen molar-refractivity contribution >= 4 is 34.0 Å². The Morgan fingerprint density at radius 3 is 2.32 bits per heavy atom. The zero-order chi connectivity index (χ0) is 16.9. The molecule has 0 fully saturated rings. The largest absolute Gasteiger partial charge is 0.395 e. The fraction of sp³-hybridized carbons (Fsp3) is 0.250. The van der Waals surface area contributed by atoms with Crippen molar-refractivity contribution in [1.29, 1.82) is 0 Å². The van der Waals surface area contributed by atoms with E-state index in [1.54, 1.807) is 11.3 Å². The highest BCUT2D eigenvalue weighted by molar-refractivity contribution is 8.93. The van der Waals surface area contributed by atoms with Crippen molar-refractivity contribution in [3.8, 4) is 11.3 Å². The second kappa shape index (κ2) is 9.13. The van der Waals surface area contributed by atoms with Gasteiger partial charge in [0.25, 0.3) is 0 Å². The van der Waals surface area contributed by atoms with Gasteiger partial charge in [0.1, 0.15) is 0 Å². The normalized spacial score (nSPS) is 11.6. The van der Waals surface area contributed by atoms with E-state index in [4.69, 9.17) is 4.99 Å². The van der Waals surface area contributed by atoms with Gasteiger partial charge in [-0.1, -0.05) is 56.3 Å². The predicted molar refractivity (Wildman–Crippen MR) is 111 cm³/mol. The van der Waals surface area contributed by atoms with Gasteiger partial charge in [-0.2, -0.15) is 0 Å². The molecule has 0 radical (unpaired) electrons. The van der Waals surface area contributed by atoms with Crippen LogP contribution in [0, 0.1) is 0 Å². The number of aromatic nitrogens is 1. The van der Waals surface area contributed by atoms with Gasteiger partial charge < -0.3 is 9.67 Å². The number of para-hydroxylation sites is 1. The summed E-state index contributed by atoms with van der Waals surface area (Å²) in [5, 5.41) is 11.6. The lowest BCUT2D eigenvalue weighted by atomic mass is 10.0. The maximum absolute atomic E-state index is 9.46. The highest BCUT2D eigenvalue weighted by Gasteiger charge is 2.08. The Hall–Kier alpha value is -1.69. The Bertz CT molecular complexity index is 851. The average molecular weight is 419 g/mol. The summed E-state index contributed by atoms with van der Waals surface area (Å²) >= 11 is 1.60. The molecule has 3 rings (SSSR count). The van der Waals surface area contributed by atoms with Crippen molar-refractivity contribution in [3.63, 3.8) is 0 Å². The van der Waals surface area contributed by atoms with Gasteiger partial charge in [-0.3, -0.25) is 0 Å². The van der Waals surface area contributed by atoms with Gasteiger partial charge in [-0.15, -0.1) is 28.3 Å². The van der Waals surface area contributed by atoms with E-state index in [-0.39, 0.29) is 23.6 Å². The zero-order valence-electron chi connectivity index (χ0n) is 14.4. The van der Waals surface area contributed by atoms with Crippen LogP contribution in [0.4, 0.5) is 5.69 Å². The second-order valence-corrected chi connectivity index (χ2v) is 6.84. The first-order chi connectivity index (χ1) is 11.7. The number of aliphatic hydroxyl groups is 1. The highest BCUT2D eigenvalue weighted by Crippen LogP contribution is 2.23. The van der Waals surface area contributed by atoms with Gasteiger partial charge in [0.2, 0.25) is 0 Å². The van der Waals surface area contributed by atoms with Crippen LogP contribution in [0.25, 0.3) is 11.3 Å². The minimum Gasteiger partial charge on any atom is -0.395 e. The Morgan fingerprint density at radius 2 is 1.72 bits per heavy atom. The van der Waals surface area contributed by atoms with Gasteiger partial charge in [-0.05, 0) is 29.2 Å². The summed E-state index contributed by atoms with van der Waals surface area (Å²) in [6.07, 6.45) is 0. The third-order valence-corrected chi connectivity index (χ3v) is 4.84. The molecule has 132 valence electrons. The van der Waals surface area contributed by atoms with Gasteiger partial charge >= 0.3 is 0 Å². The van der Waals surface area contributed by atoms with Gasteiger partial charge in [0.15, 0.2) is 4.80 Å². The molecule has 3 nitrogen and oxygen atoms in total. The number of nitrogens with zero attached hydrogens (tertiary/aromatic N) is 2. The van der Waals surface area contributed by atoms with Gasteiger partial charge in [0.05, 0.1) is 18.0 Å². The van der Waals surface area contributed by atoms with E-state index in [0.717, 1.165) is 21.7 Å². The van der Waals surface area contributed by atoms with E-state index < -0.39 is 0 Å². The number of hydrogen-bond acceptors (Lipinski definition) is 3. The maximum atomic E-state index is 9.46. The molecule has 0 saturated heterocycles. The number of thiazole rings is 1.